The summed E-state index contributed by atoms with van der Waals surface area (Å²) in [5.74, 6) is -0.966. The summed E-state index contributed by atoms with van der Waals surface area (Å²) in [7, 11) is -6.24. The first-order valence-electron chi connectivity index (χ1n) is 10.1. The van der Waals surface area contributed by atoms with E-state index in [1.807, 2.05) is 0 Å². The molecule has 0 aromatic heterocycles. The summed E-state index contributed by atoms with van der Waals surface area (Å²) in [5.41, 5.74) is 1.00. The van der Waals surface area contributed by atoms with Gasteiger partial charge in [-0.15, -0.1) is 0 Å². The largest absolute Gasteiger partial charge is 2.00 e. The van der Waals surface area contributed by atoms with Crippen molar-refractivity contribution in [2.75, 3.05) is 25.7 Å². The minimum atomic E-state index is -4.66. The van der Waals surface area contributed by atoms with Crippen LogP contribution in [-0.4, -0.2) is 145 Å². The molecule has 0 bridgehead atoms. The molecule has 0 saturated carbocycles. The van der Waals surface area contributed by atoms with E-state index < -0.39 is 44.0 Å². The van der Waals surface area contributed by atoms with Gasteiger partial charge in [-0.05, 0) is 42.8 Å². The average Bonchev–Trinajstić information content (AvgIpc) is 2.73. The van der Waals surface area contributed by atoms with Crippen molar-refractivity contribution in [3.8, 4) is 23.0 Å². The molecule has 13 nitrogen and oxygen atoms in total. The Morgan fingerprint density at radius 1 is 0.921 bits per heavy atom. The molecule has 0 amide bonds. The Labute approximate surface area is 280 Å². The number of hydrogen-bond acceptors (Lipinski definition) is 13. The van der Waals surface area contributed by atoms with Crippen molar-refractivity contribution in [1.82, 2.24) is 0 Å². The second-order valence-corrected chi connectivity index (χ2v) is 10.2. The molecule has 0 aliphatic heterocycles. The van der Waals surface area contributed by atoms with Gasteiger partial charge >= 0.3 is 75.5 Å². The van der Waals surface area contributed by atoms with Crippen molar-refractivity contribution in [2.24, 2.45) is 0 Å². The fourth-order valence-corrected chi connectivity index (χ4v) is 4.24. The monoisotopic (exact) mass is 628 g/mol. The van der Waals surface area contributed by atoms with E-state index in [-0.39, 0.29) is 111 Å². The number of para-hydroxylation sites is 1. The van der Waals surface area contributed by atoms with Gasteiger partial charge in [0.25, 0.3) is 0 Å². The fourth-order valence-electron chi connectivity index (χ4n) is 3.10. The fraction of sp³-hybridized carbons (Fsp3) is 0.381. The van der Waals surface area contributed by atoms with E-state index in [9.17, 15) is 31.0 Å². The van der Waals surface area contributed by atoms with Crippen LogP contribution in [0.25, 0.3) is 0 Å². The number of rotatable bonds is 12. The normalized spacial score (nSPS) is 11.5. The number of phenolic OH excluding ortho intramolecular Hbond substituents is 1. The van der Waals surface area contributed by atoms with Gasteiger partial charge in [0.15, 0.2) is 23.0 Å². The van der Waals surface area contributed by atoms with Crippen molar-refractivity contribution >= 4 is 102 Å². The molecule has 2 aromatic rings. The second-order valence-electron chi connectivity index (χ2n) is 7.24. The summed E-state index contributed by atoms with van der Waals surface area (Å²) in [6, 6.07) is 9.36. The summed E-state index contributed by atoms with van der Waals surface area (Å²) in [6.07, 6.45) is -3.15. The number of methoxy groups -OCH3 is 2. The van der Waals surface area contributed by atoms with Crippen LogP contribution in [0.3, 0.4) is 0 Å². The molecule has 0 saturated heterocycles. The van der Waals surface area contributed by atoms with Gasteiger partial charge in [0.2, 0.25) is 0 Å². The first-order valence-corrected chi connectivity index (χ1v) is 13.2. The maximum Gasteiger partial charge on any atom is 2.00 e. The van der Waals surface area contributed by atoms with Crippen LogP contribution < -0.4 is 24.4 Å². The zero-order valence-corrected chi connectivity index (χ0v) is 26.7. The van der Waals surface area contributed by atoms with Crippen molar-refractivity contribution < 1.29 is 60.3 Å². The predicted octanol–water partition coefficient (Wildman–Crippen LogP) is -1.79. The minimum absolute atomic E-state index is 0. The summed E-state index contributed by atoms with van der Waals surface area (Å²) < 4.78 is 82.5. The van der Waals surface area contributed by atoms with E-state index in [0.717, 1.165) is 0 Å². The summed E-state index contributed by atoms with van der Waals surface area (Å²) >= 11 is 0. The molecular weight excluding hydrogens is 605 g/mol. The Kier molecular flexibility index (Phi) is 19.3. The first-order chi connectivity index (χ1) is 16.6. The third-order valence-electron chi connectivity index (χ3n) is 4.52. The number of carboxylic acid groups (broad SMARTS) is 2. The number of aromatic hydroxyl groups is 1. The van der Waals surface area contributed by atoms with Crippen LogP contribution in [-0.2, 0) is 33.1 Å². The van der Waals surface area contributed by atoms with Crippen molar-refractivity contribution in [3.63, 3.8) is 0 Å². The molecular formula is C21H24Ca2O13S2. The van der Waals surface area contributed by atoms with Gasteiger partial charge in [0.05, 0.1) is 40.2 Å². The number of ether oxygens (including phenoxy) is 3. The van der Waals surface area contributed by atoms with Gasteiger partial charge < -0.3 is 43.4 Å². The van der Waals surface area contributed by atoms with Crippen LogP contribution in [0, 0.1) is 0 Å². The predicted molar refractivity (Wildman–Crippen MR) is 130 cm³/mol. The van der Waals surface area contributed by atoms with Crippen molar-refractivity contribution in [3.05, 3.63) is 47.5 Å². The van der Waals surface area contributed by atoms with Crippen LogP contribution in [0.2, 0.25) is 0 Å². The maximum atomic E-state index is 11.4. The Bertz CT molecular complexity index is 1230. The molecule has 202 valence electrons. The minimum Gasteiger partial charge on any atom is -0.748 e. The number of hydrogen-bond donors (Lipinski definition) is 1. The van der Waals surface area contributed by atoms with Gasteiger partial charge in [-0.1, -0.05) is 18.2 Å². The quantitative estimate of drug-likeness (QED) is 0.203. The summed E-state index contributed by atoms with van der Waals surface area (Å²) in [4.78, 5) is 8.33. The Morgan fingerprint density at radius 3 is 2.00 bits per heavy atom. The molecule has 1 atom stereocenters. The Balaban J connectivity index is 0. The number of benzene rings is 2. The Hall–Kier alpha value is -0.751. The molecule has 2 rings (SSSR count). The molecule has 0 aliphatic rings. The van der Waals surface area contributed by atoms with Gasteiger partial charge in [0, 0.05) is 17.7 Å². The van der Waals surface area contributed by atoms with E-state index in [1.165, 1.54) is 26.4 Å². The van der Waals surface area contributed by atoms with E-state index in [1.54, 1.807) is 24.3 Å². The molecule has 0 fully saturated rings. The van der Waals surface area contributed by atoms with Gasteiger partial charge in [-0.2, -0.15) is 0 Å². The van der Waals surface area contributed by atoms with Crippen LogP contribution >= 0.6 is 0 Å². The van der Waals surface area contributed by atoms with E-state index >= 15 is 0 Å². The van der Waals surface area contributed by atoms with Gasteiger partial charge in [0.1, 0.15) is 6.10 Å². The van der Waals surface area contributed by atoms with Crippen molar-refractivity contribution in [2.45, 2.75) is 25.4 Å². The molecule has 1 unspecified atom stereocenters. The van der Waals surface area contributed by atoms with Crippen LogP contribution in [0.4, 0.5) is 4.79 Å². The van der Waals surface area contributed by atoms with Gasteiger partial charge in [-0.25, -0.2) is 16.8 Å². The molecule has 0 heterocycles. The molecule has 17 heteroatoms. The number of carbonyl (C=O) groups is 1. The SMILES string of the molecule is COc1cc(CCCS(=O)(=O)[O-])ccc1OC(Cc1cccc(OC)c1O)CS(=O)(=O)[O-].O=C([O-])[O-].[Ca+2].[Ca+2]. The average molecular weight is 629 g/mol. The first kappa shape index (κ1) is 39.4. The number of carbonyl (C=O) groups excluding carboxylic acids is 1. The van der Waals surface area contributed by atoms with E-state index in [0.29, 0.717) is 17.5 Å². The van der Waals surface area contributed by atoms with E-state index in [2.05, 4.69) is 0 Å². The molecule has 1 N–H and O–H groups in total. The smallest absolute Gasteiger partial charge is 0.748 e. The van der Waals surface area contributed by atoms with E-state index in [4.69, 9.17) is 29.2 Å². The molecule has 38 heavy (non-hydrogen) atoms. The topological polar surface area (TPSA) is 226 Å². The Morgan fingerprint density at radius 2 is 1.50 bits per heavy atom. The van der Waals surface area contributed by atoms with Gasteiger partial charge in [-0.3, -0.25) is 0 Å². The zero-order chi connectivity index (χ0) is 27.5. The maximum absolute atomic E-state index is 11.4. The van der Waals surface area contributed by atoms with Crippen LogP contribution in [0.15, 0.2) is 36.4 Å². The summed E-state index contributed by atoms with van der Waals surface area (Å²) in [5, 5.41) is 26.9. The van der Waals surface area contributed by atoms with Crippen molar-refractivity contribution in [1.29, 1.82) is 0 Å². The van der Waals surface area contributed by atoms with Crippen LogP contribution in [0.5, 0.6) is 23.0 Å². The second kappa shape index (κ2) is 18.6. The third-order valence-corrected chi connectivity index (χ3v) is 6.09. The third kappa shape index (κ3) is 16.4. The number of aryl methyl sites for hydroxylation is 1. The van der Waals surface area contributed by atoms with Crippen LogP contribution in [0.1, 0.15) is 17.5 Å². The molecule has 2 aromatic carbocycles. The molecule has 0 radical (unpaired) electrons. The molecule has 0 aliphatic carbocycles. The standard InChI is InChI=1S/C20H26O10S2.CH2O3.2Ca/c1-28-18-7-3-6-15(20(18)21)12-16(13-32(25,26)27)30-17-9-8-14(11-19(17)29-2)5-4-10-31(22,23)24;2-1(3)4;;/h3,6-9,11,16,21H,4-5,10,12-13H2,1-2H3,(H,22,23,24)(H,25,26,27);(H2,2,3,4);;/q;;2*+2/p-4. The summed E-state index contributed by atoms with van der Waals surface area (Å²) in [6.45, 7) is 0. The number of phenols is 1. The zero-order valence-electron chi connectivity index (χ0n) is 20.7. The molecule has 0 spiro atoms.